The topological polar surface area (TPSA) is 132 Å². The van der Waals surface area contributed by atoms with E-state index in [1.54, 1.807) is 44.4 Å². The Hall–Kier alpha value is -3.57. The molecule has 150 valence electrons. The number of anilines is 4. The third kappa shape index (κ3) is 3.73. The Kier molecular flexibility index (Phi) is 4.82. The molecule has 1 aromatic heterocycles. The van der Waals surface area contributed by atoms with Gasteiger partial charge in [-0.15, -0.1) is 0 Å². The maximum Gasteiger partial charge on any atom is 0.257 e. The van der Waals surface area contributed by atoms with Crippen LogP contribution in [0.4, 0.5) is 23.0 Å². The van der Waals surface area contributed by atoms with Crippen molar-refractivity contribution in [2.45, 2.75) is 0 Å². The summed E-state index contributed by atoms with van der Waals surface area (Å²) in [6, 6.07) is 9.91. The van der Waals surface area contributed by atoms with Crippen LogP contribution in [0, 0.1) is 0 Å². The molecule has 0 aliphatic carbocycles. The highest BCUT2D eigenvalue weighted by Crippen LogP contribution is 2.37. The predicted octanol–water partition coefficient (Wildman–Crippen LogP) is 2.83. The number of para-hydroxylation sites is 1. The van der Waals surface area contributed by atoms with Gasteiger partial charge in [-0.3, -0.25) is 4.79 Å². The highest BCUT2D eigenvalue weighted by atomic mass is 32.2. The molecular formula is C18H17N5O5S. The number of hydrogen-bond acceptors (Lipinski definition) is 9. The average Bonchev–Trinajstić information content (AvgIpc) is 3.28. The van der Waals surface area contributed by atoms with Crippen molar-refractivity contribution in [2.75, 3.05) is 31.5 Å². The molecule has 1 aliphatic heterocycles. The molecule has 1 aliphatic rings. The van der Waals surface area contributed by atoms with Crippen molar-refractivity contribution >= 4 is 40.1 Å². The highest BCUT2D eigenvalue weighted by Gasteiger charge is 2.21. The molecule has 2 heterocycles. The summed E-state index contributed by atoms with van der Waals surface area (Å²) in [6.45, 7) is 0.152. The van der Waals surface area contributed by atoms with E-state index in [1.807, 2.05) is 0 Å². The highest BCUT2D eigenvalue weighted by molar-refractivity contribution is 7.14. The summed E-state index contributed by atoms with van der Waals surface area (Å²) in [4.78, 5) is 13.6. The van der Waals surface area contributed by atoms with Crippen LogP contribution in [0.3, 0.4) is 0 Å². The number of nitrogens with zero attached hydrogens (tertiary/aromatic N) is 3. The van der Waals surface area contributed by atoms with Gasteiger partial charge in [0.2, 0.25) is 18.4 Å². The Bertz CT molecular complexity index is 1080. The second-order valence-electron chi connectivity index (χ2n) is 6.33. The third-order valence-corrected chi connectivity index (χ3v) is 4.80. The lowest BCUT2D eigenvalue weighted by Crippen LogP contribution is -2.21. The number of benzene rings is 2. The van der Waals surface area contributed by atoms with Crippen molar-refractivity contribution in [1.82, 2.24) is 13.6 Å². The number of rotatable bonds is 5. The molecule has 10 nitrogen and oxygen atoms in total. The first-order chi connectivity index (χ1) is 13.9. The van der Waals surface area contributed by atoms with Crippen molar-refractivity contribution in [3.63, 3.8) is 0 Å². The summed E-state index contributed by atoms with van der Waals surface area (Å²) >= 11 is -1.82. The second kappa shape index (κ2) is 7.45. The molecule has 0 saturated carbocycles. The molecule has 1 unspecified atom stereocenters. The molecule has 0 spiro atoms. The zero-order chi connectivity index (χ0) is 20.5. The lowest BCUT2D eigenvalue weighted by molar-refractivity contribution is 0.0824. The number of phenols is 1. The summed E-state index contributed by atoms with van der Waals surface area (Å²) in [5.41, 5.74) is 0.986. The smallest absolute Gasteiger partial charge is 0.257 e. The fourth-order valence-corrected chi connectivity index (χ4v) is 3.34. The van der Waals surface area contributed by atoms with E-state index in [1.165, 1.54) is 11.0 Å². The third-order valence-electron chi connectivity index (χ3n) is 4.12. The molecule has 0 bridgehead atoms. The summed E-state index contributed by atoms with van der Waals surface area (Å²) in [7, 11) is 3.18. The van der Waals surface area contributed by atoms with Crippen molar-refractivity contribution in [2.24, 2.45) is 0 Å². The first-order valence-corrected chi connectivity index (χ1v) is 9.56. The number of fused-ring (bicyclic) bond motifs is 1. The van der Waals surface area contributed by atoms with Crippen LogP contribution in [0.15, 0.2) is 36.4 Å². The van der Waals surface area contributed by atoms with Crippen LogP contribution in [-0.2, 0) is 0 Å². The van der Waals surface area contributed by atoms with E-state index in [-0.39, 0.29) is 41.3 Å². The molecule has 4 rings (SSSR count). The molecule has 3 N–H and O–H groups in total. The minimum Gasteiger partial charge on any atom is -0.546 e. The molecule has 1 amide bonds. The lowest BCUT2D eigenvalue weighted by atomic mass is 10.1. The Morgan fingerprint density at radius 3 is 2.62 bits per heavy atom. The minimum atomic E-state index is -1.82. The number of amides is 1. The largest absolute Gasteiger partial charge is 0.546 e. The fraction of sp³-hybridized carbons (Fsp3) is 0.167. The number of phenolic OH excluding ortho intramolecular Hbond substituents is 1. The maximum atomic E-state index is 12.2. The van der Waals surface area contributed by atoms with Crippen molar-refractivity contribution in [1.29, 1.82) is 0 Å². The summed E-state index contributed by atoms with van der Waals surface area (Å²) in [5.74, 6) is 0.988. The molecule has 1 atom stereocenters. The van der Waals surface area contributed by atoms with Crippen LogP contribution < -0.4 is 20.1 Å². The van der Waals surface area contributed by atoms with Gasteiger partial charge in [-0.05, 0) is 24.3 Å². The van der Waals surface area contributed by atoms with Crippen LogP contribution in [0.2, 0.25) is 0 Å². The van der Waals surface area contributed by atoms with Crippen LogP contribution in [0.1, 0.15) is 10.4 Å². The Labute approximate surface area is 168 Å². The molecule has 2 aromatic carbocycles. The monoisotopic (exact) mass is 415 g/mol. The van der Waals surface area contributed by atoms with Crippen molar-refractivity contribution < 1.29 is 23.9 Å². The summed E-state index contributed by atoms with van der Waals surface area (Å²) in [5, 5.41) is 16.4. The Balaban J connectivity index is 1.61. The van der Waals surface area contributed by atoms with Crippen LogP contribution in [0.5, 0.6) is 17.2 Å². The Morgan fingerprint density at radius 1 is 1.14 bits per heavy atom. The fourth-order valence-electron chi connectivity index (χ4n) is 2.72. The Morgan fingerprint density at radius 2 is 1.86 bits per heavy atom. The maximum absolute atomic E-state index is 12.2. The number of aromatic hydroxyl groups is 1. The van der Waals surface area contributed by atoms with Gasteiger partial charge in [-0.2, -0.15) is 0 Å². The molecule has 0 fully saturated rings. The van der Waals surface area contributed by atoms with E-state index in [2.05, 4.69) is 19.4 Å². The normalized spacial score (nSPS) is 12.6. The quantitative estimate of drug-likeness (QED) is 0.425. The molecule has 0 radical (unpaired) electrons. The minimum absolute atomic E-state index is 0.127. The molecule has 3 aromatic rings. The summed E-state index contributed by atoms with van der Waals surface area (Å²) in [6.07, 6.45) is 0. The first kappa shape index (κ1) is 18.8. The number of carbonyl (C=O) groups is 1. The van der Waals surface area contributed by atoms with Gasteiger partial charge in [0.25, 0.3) is 5.91 Å². The number of hydrogen-bond donors (Lipinski definition) is 3. The number of nitrogens with one attached hydrogen (secondary N) is 2. The van der Waals surface area contributed by atoms with Gasteiger partial charge in [-0.1, -0.05) is 6.07 Å². The van der Waals surface area contributed by atoms with E-state index in [0.717, 1.165) is 0 Å². The molecule has 11 heteroatoms. The predicted molar refractivity (Wildman–Crippen MR) is 106 cm³/mol. The van der Waals surface area contributed by atoms with Gasteiger partial charge in [0.05, 0.1) is 11.3 Å². The van der Waals surface area contributed by atoms with Crippen LogP contribution >= 0.6 is 11.1 Å². The molecule has 29 heavy (non-hydrogen) atoms. The number of carbonyl (C=O) groups excluding carboxylic acids is 1. The van der Waals surface area contributed by atoms with Gasteiger partial charge in [-0.25, -0.2) is 0 Å². The molecular weight excluding hydrogens is 398 g/mol. The van der Waals surface area contributed by atoms with Crippen LogP contribution in [0.25, 0.3) is 0 Å². The van der Waals surface area contributed by atoms with E-state index < -0.39 is 11.1 Å². The number of ether oxygens (including phenoxy) is 2. The van der Waals surface area contributed by atoms with Gasteiger partial charge >= 0.3 is 0 Å². The zero-order valence-electron chi connectivity index (χ0n) is 15.5. The van der Waals surface area contributed by atoms with Crippen molar-refractivity contribution in [3.8, 4) is 17.2 Å². The van der Waals surface area contributed by atoms with Gasteiger partial charge < -0.3 is 34.7 Å². The SMILES string of the molecule is CN(C)C(=O)c1cccc(Nc2n[s+]([O-])nc2Nc2ccc3c(c2)OCO3)c1O. The standard InChI is InChI=1S/C18H17N5O5S/c1-23(2)18(25)11-4-3-5-12(15(11)24)20-17-16(21-29(26)22-17)19-10-6-7-13-14(8-10)28-9-27-13/h3-8,24H,9H2,1-2H3,(H,19,21)(H,20,22). The average molecular weight is 415 g/mol. The second-order valence-corrected chi connectivity index (χ2v) is 7.16. The van der Waals surface area contributed by atoms with E-state index in [4.69, 9.17) is 9.47 Å². The summed E-state index contributed by atoms with van der Waals surface area (Å²) < 4.78 is 30.4. The zero-order valence-corrected chi connectivity index (χ0v) is 16.3. The van der Waals surface area contributed by atoms with Gasteiger partial charge in [0.1, 0.15) is 0 Å². The van der Waals surface area contributed by atoms with Gasteiger partial charge in [0, 0.05) is 34.6 Å². The van der Waals surface area contributed by atoms with E-state index in [9.17, 15) is 14.5 Å². The lowest BCUT2D eigenvalue weighted by Gasteiger charge is -2.14. The number of aromatic nitrogens is 2. The van der Waals surface area contributed by atoms with Gasteiger partial charge in [0.15, 0.2) is 28.4 Å². The molecule has 0 saturated heterocycles. The first-order valence-electron chi connectivity index (χ1n) is 8.49. The van der Waals surface area contributed by atoms with Crippen molar-refractivity contribution in [3.05, 3.63) is 42.0 Å². The van der Waals surface area contributed by atoms with E-state index >= 15 is 0 Å². The van der Waals surface area contributed by atoms with Crippen LogP contribution in [-0.4, -0.2) is 50.1 Å². The van der Waals surface area contributed by atoms with E-state index in [0.29, 0.717) is 17.2 Å².